The zero-order valence-electron chi connectivity index (χ0n) is 11.6. The summed E-state index contributed by atoms with van der Waals surface area (Å²) in [4.78, 5) is 13.8. The number of carboxylic acids is 1. The second-order valence-corrected chi connectivity index (χ2v) is 5.83. The molecule has 1 aromatic carbocycles. The van der Waals surface area contributed by atoms with E-state index in [2.05, 4.69) is 4.90 Å². The molecule has 1 N–H and O–H groups in total. The number of fused-ring (bicyclic) bond motifs is 3. The van der Waals surface area contributed by atoms with Gasteiger partial charge in [0.1, 0.15) is 0 Å². The number of benzene rings is 1. The molecule has 3 aliphatic rings. The number of carboxylic acid groups (broad SMARTS) is 1. The minimum atomic E-state index is -0.856. The third kappa shape index (κ3) is 3.02. The lowest BCUT2D eigenvalue weighted by atomic mass is 9.85. The topological polar surface area (TPSA) is 49.8 Å². The van der Waals surface area contributed by atoms with E-state index in [1.54, 1.807) is 0 Å². The van der Waals surface area contributed by atoms with E-state index in [1.807, 2.05) is 30.3 Å². The summed E-state index contributed by atoms with van der Waals surface area (Å²) < 4.78 is 5.95. The second kappa shape index (κ2) is 5.94. The summed E-state index contributed by atoms with van der Waals surface area (Å²) in [5.74, 6) is -0.317. The van der Waals surface area contributed by atoms with Gasteiger partial charge in [-0.05, 0) is 37.4 Å². The number of piperidine rings is 3. The SMILES string of the molecule is O=C(O)[C@H](Cc1ccccc1)OC1CN2CCC1CC2. The molecule has 3 saturated heterocycles. The molecule has 2 atom stereocenters. The molecule has 0 amide bonds. The van der Waals surface area contributed by atoms with Crippen molar-refractivity contribution < 1.29 is 14.6 Å². The van der Waals surface area contributed by atoms with Gasteiger partial charge < -0.3 is 14.7 Å². The predicted molar refractivity (Wildman–Crippen MR) is 75.6 cm³/mol. The molecule has 108 valence electrons. The molecule has 2 bridgehead atoms. The highest BCUT2D eigenvalue weighted by Gasteiger charge is 2.37. The second-order valence-electron chi connectivity index (χ2n) is 5.83. The van der Waals surface area contributed by atoms with Crippen LogP contribution in [0.3, 0.4) is 0 Å². The summed E-state index contributed by atoms with van der Waals surface area (Å²) in [6.45, 7) is 3.17. The monoisotopic (exact) mass is 275 g/mol. The van der Waals surface area contributed by atoms with Crippen molar-refractivity contribution in [3.63, 3.8) is 0 Å². The lowest BCUT2D eigenvalue weighted by Crippen LogP contribution is -2.53. The molecule has 0 spiro atoms. The highest BCUT2D eigenvalue weighted by molar-refractivity contribution is 5.72. The van der Waals surface area contributed by atoms with Gasteiger partial charge in [0.2, 0.25) is 0 Å². The number of carbonyl (C=O) groups is 1. The van der Waals surface area contributed by atoms with Gasteiger partial charge in [-0.15, -0.1) is 0 Å². The molecule has 0 radical (unpaired) electrons. The lowest BCUT2D eigenvalue weighted by Gasteiger charge is -2.45. The van der Waals surface area contributed by atoms with Crippen molar-refractivity contribution in [2.45, 2.75) is 31.5 Å². The Morgan fingerprint density at radius 1 is 1.30 bits per heavy atom. The number of hydrogen-bond donors (Lipinski definition) is 1. The van der Waals surface area contributed by atoms with Crippen molar-refractivity contribution in [2.75, 3.05) is 19.6 Å². The van der Waals surface area contributed by atoms with Crippen molar-refractivity contribution in [1.29, 1.82) is 0 Å². The van der Waals surface area contributed by atoms with Crippen LogP contribution in [-0.2, 0) is 16.0 Å². The number of aliphatic carboxylic acids is 1. The molecule has 3 fully saturated rings. The first-order valence-corrected chi connectivity index (χ1v) is 7.37. The molecular formula is C16H21NO3. The number of rotatable bonds is 5. The maximum absolute atomic E-state index is 11.4. The molecule has 4 heteroatoms. The fraction of sp³-hybridized carbons (Fsp3) is 0.562. The number of ether oxygens (including phenoxy) is 1. The van der Waals surface area contributed by atoms with E-state index in [0.29, 0.717) is 12.3 Å². The molecule has 0 saturated carbocycles. The third-order valence-electron chi connectivity index (χ3n) is 4.47. The Kier molecular flexibility index (Phi) is 4.03. The molecular weight excluding hydrogens is 254 g/mol. The zero-order chi connectivity index (χ0) is 13.9. The summed E-state index contributed by atoms with van der Waals surface area (Å²) in [6.07, 6.45) is 2.08. The molecule has 3 aliphatic heterocycles. The van der Waals surface area contributed by atoms with Crippen molar-refractivity contribution in [1.82, 2.24) is 4.90 Å². The molecule has 1 unspecified atom stereocenters. The fourth-order valence-corrected chi connectivity index (χ4v) is 3.30. The van der Waals surface area contributed by atoms with Crippen molar-refractivity contribution in [3.05, 3.63) is 35.9 Å². The van der Waals surface area contributed by atoms with Gasteiger partial charge >= 0.3 is 5.97 Å². The van der Waals surface area contributed by atoms with Crippen molar-refractivity contribution in [2.24, 2.45) is 5.92 Å². The van der Waals surface area contributed by atoms with Crippen LogP contribution < -0.4 is 0 Å². The average Bonchev–Trinajstić information content (AvgIpc) is 2.49. The Morgan fingerprint density at radius 2 is 2.00 bits per heavy atom. The van der Waals surface area contributed by atoms with Gasteiger partial charge in [0.25, 0.3) is 0 Å². The number of hydrogen-bond acceptors (Lipinski definition) is 3. The van der Waals surface area contributed by atoms with Crippen molar-refractivity contribution >= 4 is 5.97 Å². The Morgan fingerprint density at radius 3 is 2.55 bits per heavy atom. The Labute approximate surface area is 119 Å². The van der Waals surface area contributed by atoms with Crippen LogP contribution >= 0.6 is 0 Å². The van der Waals surface area contributed by atoms with Gasteiger partial charge in [-0.2, -0.15) is 0 Å². The molecule has 3 heterocycles. The van der Waals surface area contributed by atoms with E-state index >= 15 is 0 Å². The minimum absolute atomic E-state index is 0.0855. The Hall–Kier alpha value is -1.39. The average molecular weight is 275 g/mol. The fourth-order valence-electron chi connectivity index (χ4n) is 3.30. The maximum atomic E-state index is 11.4. The molecule has 4 rings (SSSR count). The highest BCUT2D eigenvalue weighted by atomic mass is 16.5. The lowest BCUT2D eigenvalue weighted by molar-refractivity contribution is -0.163. The number of nitrogens with zero attached hydrogens (tertiary/aromatic N) is 1. The van der Waals surface area contributed by atoms with Gasteiger partial charge in [0, 0.05) is 13.0 Å². The molecule has 0 aliphatic carbocycles. The van der Waals surface area contributed by atoms with E-state index in [0.717, 1.165) is 38.0 Å². The summed E-state index contributed by atoms with van der Waals surface area (Å²) in [5, 5.41) is 9.40. The highest BCUT2D eigenvalue weighted by Crippen LogP contribution is 2.30. The molecule has 1 aromatic rings. The standard InChI is InChI=1S/C16H21NO3/c18-16(19)14(10-12-4-2-1-3-5-12)20-15-11-17-8-6-13(15)7-9-17/h1-5,13-15H,6-11H2,(H,18,19)/t14-,15?/m0/s1. The molecule has 0 aromatic heterocycles. The molecule has 20 heavy (non-hydrogen) atoms. The van der Waals surface area contributed by atoms with E-state index in [4.69, 9.17) is 4.74 Å². The summed E-state index contributed by atoms with van der Waals surface area (Å²) >= 11 is 0. The minimum Gasteiger partial charge on any atom is -0.479 e. The normalized spacial score (nSPS) is 30.1. The van der Waals surface area contributed by atoms with Crippen LogP contribution in [0.2, 0.25) is 0 Å². The van der Waals surface area contributed by atoms with Crippen LogP contribution in [0.5, 0.6) is 0 Å². The third-order valence-corrected chi connectivity index (χ3v) is 4.47. The van der Waals surface area contributed by atoms with Crippen LogP contribution in [0.4, 0.5) is 0 Å². The Balaban J connectivity index is 1.64. The van der Waals surface area contributed by atoms with Crippen LogP contribution in [0.15, 0.2) is 30.3 Å². The van der Waals surface area contributed by atoms with Gasteiger partial charge in [-0.3, -0.25) is 0 Å². The van der Waals surface area contributed by atoms with Gasteiger partial charge in [0.05, 0.1) is 6.10 Å². The summed E-state index contributed by atoms with van der Waals surface area (Å²) in [7, 11) is 0. The summed E-state index contributed by atoms with van der Waals surface area (Å²) in [6, 6.07) is 9.71. The van der Waals surface area contributed by atoms with E-state index in [1.165, 1.54) is 0 Å². The maximum Gasteiger partial charge on any atom is 0.333 e. The van der Waals surface area contributed by atoms with Crippen LogP contribution in [-0.4, -0.2) is 47.8 Å². The first kappa shape index (κ1) is 13.6. The van der Waals surface area contributed by atoms with E-state index < -0.39 is 12.1 Å². The van der Waals surface area contributed by atoms with Crippen LogP contribution in [0, 0.1) is 5.92 Å². The van der Waals surface area contributed by atoms with Crippen LogP contribution in [0.1, 0.15) is 18.4 Å². The van der Waals surface area contributed by atoms with E-state index in [9.17, 15) is 9.90 Å². The predicted octanol–water partition coefficient (Wildman–Crippen LogP) is 1.79. The molecule has 4 nitrogen and oxygen atoms in total. The zero-order valence-corrected chi connectivity index (χ0v) is 11.6. The van der Waals surface area contributed by atoms with Gasteiger partial charge in [-0.25, -0.2) is 4.79 Å². The first-order valence-electron chi connectivity index (χ1n) is 7.37. The largest absolute Gasteiger partial charge is 0.479 e. The first-order chi connectivity index (χ1) is 9.72. The smallest absolute Gasteiger partial charge is 0.333 e. The van der Waals surface area contributed by atoms with E-state index in [-0.39, 0.29) is 6.10 Å². The quantitative estimate of drug-likeness (QED) is 0.890. The van der Waals surface area contributed by atoms with Gasteiger partial charge in [0.15, 0.2) is 6.10 Å². The Bertz CT molecular complexity index is 454. The summed E-state index contributed by atoms with van der Waals surface area (Å²) in [5.41, 5.74) is 1.01. The van der Waals surface area contributed by atoms with Crippen molar-refractivity contribution in [3.8, 4) is 0 Å². The van der Waals surface area contributed by atoms with Crippen LogP contribution in [0.25, 0.3) is 0 Å². The van der Waals surface area contributed by atoms with Gasteiger partial charge in [-0.1, -0.05) is 30.3 Å².